The molecule has 166 valence electrons. The Balaban J connectivity index is 1.81. The standard InChI is InChI=1S/C23H28BrN3O3S/c1-17(2)30-19-8-9-22-20(14-19)18(15-26-12-10-25(3)11-13-26)16-27(22)31(28,29)23-7-5-4-6-21(23)24/h4-9,14,16-17H,10-13,15H2,1-3H3. The van der Waals surface area contributed by atoms with Crippen LogP contribution in [0, 0.1) is 0 Å². The summed E-state index contributed by atoms with van der Waals surface area (Å²) in [6.07, 6.45) is 1.82. The van der Waals surface area contributed by atoms with Gasteiger partial charge in [-0.1, -0.05) is 12.1 Å². The van der Waals surface area contributed by atoms with Crippen LogP contribution in [0.5, 0.6) is 5.75 Å². The number of ether oxygens (including phenoxy) is 1. The second-order valence-electron chi connectivity index (χ2n) is 8.31. The van der Waals surface area contributed by atoms with Crippen molar-refractivity contribution >= 4 is 36.9 Å². The lowest BCUT2D eigenvalue weighted by Crippen LogP contribution is -2.43. The van der Waals surface area contributed by atoms with Gasteiger partial charge in [-0.05, 0) is 72.7 Å². The van der Waals surface area contributed by atoms with Crippen molar-refractivity contribution in [2.24, 2.45) is 0 Å². The summed E-state index contributed by atoms with van der Waals surface area (Å²) in [6, 6.07) is 12.6. The number of rotatable bonds is 6. The van der Waals surface area contributed by atoms with Crippen molar-refractivity contribution in [1.82, 2.24) is 13.8 Å². The maximum absolute atomic E-state index is 13.6. The van der Waals surface area contributed by atoms with Crippen molar-refractivity contribution < 1.29 is 13.2 Å². The number of halogens is 1. The number of fused-ring (bicyclic) bond motifs is 1. The van der Waals surface area contributed by atoms with E-state index in [0.29, 0.717) is 16.5 Å². The number of aromatic nitrogens is 1. The normalized spacial score (nSPS) is 16.3. The molecule has 0 spiro atoms. The molecule has 2 aromatic carbocycles. The second-order valence-corrected chi connectivity index (χ2v) is 10.9. The lowest BCUT2D eigenvalue weighted by molar-refractivity contribution is 0.148. The minimum atomic E-state index is -3.76. The SMILES string of the molecule is CC(C)Oc1ccc2c(c1)c(CN1CCN(C)CC1)cn2S(=O)(=O)c1ccccc1Br. The molecule has 0 atom stereocenters. The summed E-state index contributed by atoms with van der Waals surface area (Å²) in [5.74, 6) is 0.748. The number of benzene rings is 2. The van der Waals surface area contributed by atoms with Gasteiger partial charge in [0, 0.05) is 48.8 Å². The summed E-state index contributed by atoms with van der Waals surface area (Å²) < 4.78 is 35.0. The highest BCUT2D eigenvalue weighted by molar-refractivity contribution is 9.10. The molecule has 0 amide bonds. The Kier molecular flexibility index (Phi) is 6.44. The predicted molar refractivity (Wildman–Crippen MR) is 127 cm³/mol. The maximum atomic E-state index is 13.6. The Morgan fingerprint density at radius 2 is 1.77 bits per heavy atom. The van der Waals surface area contributed by atoms with E-state index in [2.05, 4.69) is 32.8 Å². The molecule has 31 heavy (non-hydrogen) atoms. The molecule has 1 aromatic heterocycles. The number of piperazine rings is 1. The summed E-state index contributed by atoms with van der Waals surface area (Å²) >= 11 is 3.40. The van der Waals surface area contributed by atoms with Gasteiger partial charge in [-0.3, -0.25) is 4.90 Å². The Labute approximate surface area is 192 Å². The van der Waals surface area contributed by atoms with Crippen LogP contribution in [0.2, 0.25) is 0 Å². The first-order chi connectivity index (χ1) is 14.8. The van der Waals surface area contributed by atoms with E-state index in [0.717, 1.165) is 42.9 Å². The van der Waals surface area contributed by atoms with Crippen LogP contribution in [0.25, 0.3) is 10.9 Å². The first-order valence-corrected chi connectivity index (χ1v) is 12.7. The van der Waals surface area contributed by atoms with Gasteiger partial charge in [0.2, 0.25) is 0 Å². The van der Waals surface area contributed by atoms with E-state index in [1.165, 1.54) is 3.97 Å². The number of hydrogen-bond acceptors (Lipinski definition) is 5. The van der Waals surface area contributed by atoms with Crippen LogP contribution < -0.4 is 4.74 Å². The van der Waals surface area contributed by atoms with E-state index in [1.54, 1.807) is 24.4 Å². The third kappa shape index (κ3) is 4.67. The molecule has 1 fully saturated rings. The van der Waals surface area contributed by atoms with Crippen molar-refractivity contribution in [3.8, 4) is 5.75 Å². The van der Waals surface area contributed by atoms with Gasteiger partial charge >= 0.3 is 0 Å². The van der Waals surface area contributed by atoms with Crippen LogP contribution in [0.4, 0.5) is 0 Å². The van der Waals surface area contributed by atoms with Crippen LogP contribution >= 0.6 is 15.9 Å². The molecular weight excluding hydrogens is 478 g/mol. The summed E-state index contributed by atoms with van der Waals surface area (Å²) in [7, 11) is -1.63. The molecule has 0 radical (unpaired) electrons. The molecule has 3 aromatic rings. The van der Waals surface area contributed by atoms with Crippen LogP contribution in [0.3, 0.4) is 0 Å². The van der Waals surface area contributed by atoms with Gasteiger partial charge in [0.05, 0.1) is 11.6 Å². The van der Waals surface area contributed by atoms with Gasteiger partial charge in [-0.15, -0.1) is 0 Å². The lowest BCUT2D eigenvalue weighted by atomic mass is 10.1. The van der Waals surface area contributed by atoms with Crippen molar-refractivity contribution in [2.75, 3.05) is 33.2 Å². The monoisotopic (exact) mass is 505 g/mol. The zero-order valence-corrected chi connectivity index (χ0v) is 20.5. The summed E-state index contributed by atoms with van der Waals surface area (Å²) in [5, 5.41) is 0.910. The van der Waals surface area contributed by atoms with Crippen molar-refractivity contribution in [1.29, 1.82) is 0 Å². The molecule has 4 rings (SSSR count). The van der Waals surface area contributed by atoms with E-state index in [-0.39, 0.29) is 11.0 Å². The number of hydrogen-bond donors (Lipinski definition) is 0. The first-order valence-electron chi connectivity index (χ1n) is 10.5. The smallest absolute Gasteiger partial charge is 0.269 e. The Hall–Kier alpha value is -1.87. The maximum Gasteiger partial charge on any atom is 0.269 e. The molecule has 0 bridgehead atoms. The Morgan fingerprint density at radius 1 is 1.06 bits per heavy atom. The molecule has 1 aliphatic heterocycles. The van der Waals surface area contributed by atoms with Crippen molar-refractivity contribution in [3.05, 3.63) is 58.7 Å². The summed E-state index contributed by atoms with van der Waals surface area (Å²) in [5.41, 5.74) is 1.65. The second kappa shape index (κ2) is 8.94. The zero-order valence-electron chi connectivity index (χ0n) is 18.1. The fraction of sp³-hybridized carbons (Fsp3) is 0.391. The molecule has 1 saturated heterocycles. The van der Waals surface area contributed by atoms with Crippen molar-refractivity contribution in [3.63, 3.8) is 0 Å². The molecular formula is C23H28BrN3O3S. The fourth-order valence-electron chi connectivity index (χ4n) is 3.92. The first kappa shape index (κ1) is 22.3. The van der Waals surface area contributed by atoms with E-state index >= 15 is 0 Å². The van der Waals surface area contributed by atoms with Crippen LogP contribution in [-0.4, -0.2) is 61.5 Å². The lowest BCUT2D eigenvalue weighted by Gasteiger charge is -2.32. The van der Waals surface area contributed by atoms with E-state index in [1.807, 2.05) is 38.1 Å². The topological polar surface area (TPSA) is 54.8 Å². The van der Waals surface area contributed by atoms with Gasteiger partial charge in [-0.25, -0.2) is 12.4 Å². The Morgan fingerprint density at radius 3 is 2.45 bits per heavy atom. The molecule has 0 N–H and O–H groups in total. The fourth-order valence-corrected chi connectivity index (χ4v) is 6.28. The molecule has 0 aliphatic carbocycles. The molecule has 1 aliphatic rings. The van der Waals surface area contributed by atoms with E-state index in [4.69, 9.17) is 4.74 Å². The number of likely N-dealkylation sites (N-methyl/N-ethyl adjacent to an activating group) is 1. The van der Waals surface area contributed by atoms with Crippen LogP contribution in [0.1, 0.15) is 19.4 Å². The summed E-state index contributed by atoms with van der Waals surface area (Å²) in [6.45, 7) is 8.61. The molecule has 0 saturated carbocycles. The minimum absolute atomic E-state index is 0.0459. The highest BCUT2D eigenvalue weighted by Gasteiger charge is 2.25. The van der Waals surface area contributed by atoms with Gasteiger partial charge in [-0.2, -0.15) is 0 Å². The largest absolute Gasteiger partial charge is 0.491 e. The third-order valence-corrected chi connectivity index (χ3v) is 8.25. The Bertz CT molecular complexity index is 1180. The highest BCUT2D eigenvalue weighted by Crippen LogP contribution is 2.32. The average Bonchev–Trinajstić information content (AvgIpc) is 3.08. The zero-order chi connectivity index (χ0) is 22.2. The third-order valence-electron chi connectivity index (χ3n) is 5.56. The molecule has 8 heteroatoms. The van der Waals surface area contributed by atoms with Gasteiger partial charge in [0.15, 0.2) is 0 Å². The molecule has 2 heterocycles. The van der Waals surface area contributed by atoms with E-state index in [9.17, 15) is 8.42 Å². The molecule has 0 unspecified atom stereocenters. The van der Waals surface area contributed by atoms with Gasteiger partial charge in [0.25, 0.3) is 10.0 Å². The highest BCUT2D eigenvalue weighted by atomic mass is 79.9. The van der Waals surface area contributed by atoms with Crippen LogP contribution in [-0.2, 0) is 16.6 Å². The van der Waals surface area contributed by atoms with Crippen molar-refractivity contribution in [2.45, 2.75) is 31.4 Å². The van der Waals surface area contributed by atoms with E-state index < -0.39 is 10.0 Å². The van der Waals surface area contributed by atoms with Crippen LogP contribution in [0.15, 0.2) is 58.0 Å². The van der Waals surface area contributed by atoms with Gasteiger partial charge in [0.1, 0.15) is 10.6 Å². The predicted octanol–water partition coefficient (Wildman–Crippen LogP) is 4.18. The molecule has 6 nitrogen and oxygen atoms in total. The van der Waals surface area contributed by atoms with Gasteiger partial charge < -0.3 is 9.64 Å². The summed E-state index contributed by atoms with van der Waals surface area (Å²) in [4.78, 5) is 4.94. The number of nitrogens with zero attached hydrogens (tertiary/aromatic N) is 3. The minimum Gasteiger partial charge on any atom is -0.491 e. The quantitative estimate of drug-likeness (QED) is 0.502. The average molecular weight is 506 g/mol.